The molecular formula is C19H18N6O2. The first-order valence-electron chi connectivity index (χ1n) is 8.92. The maximum atomic E-state index is 5.86. The van der Waals surface area contributed by atoms with Crippen molar-refractivity contribution in [1.29, 1.82) is 0 Å². The Kier molecular flexibility index (Phi) is 4.02. The second-order valence-corrected chi connectivity index (χ2v) is 6.45. The third kappa shape index (κ3) is 3.26. The van der Waals surface area contributed by atoms with E-state index in [2.05, 4.69) is 29.9 Å². The van der Waals surface area contributed by atoms with Crippen LogP contribution in [0.2, 0.25) is 0 Å². The maximum absolute atomic E-state index is 5.86. The molecule has 27 heavy (non-hydrogen) atoms. The summed E-state index contributed by atoms with van der Waals surface area (Å²) in [7, 11) is 0. The van der Waals surface area contributed by atoms with Crippen LogP contribution < -0.4 is 4.90 Å². The molecule has 5 rings (SSSR count). The quantitative estimate of drug-likeness (QED) is 0.548. The summed E-state index contributed by atoms with van der Waals surface area (Å²) in [6.07, 6.45) is 1.72. The van der Waals surface area contributed by atoms with Crippen LogP contribution in [-0.2, 0) is 6.54 Å². The maximum Gasteiger partial charge on any atom is 0.298 e. The molecule has 1 saturated heterocycles. The highest BCUT2D eigenvalue weighted by atomic mass is 16.5. The first kappa shape index (κ1) is 16.0. The summed E-state index contributed by atoms with van der Waals surface area (Å²) < 4.78 is 11.2. The highest BCUT2D eigenvalue weighted by Gasteiger charge is 2.22. The molecule has 0 bridgehead atoms. The molecule has 8 nitrogen and oxygen atoms in total. The van der Waals surface area contributed by atoms with E-state index in [4.69, 9.17) is 8.94 Å². The largest absolute Gasteiger partial charge is 0.423 e. The van der Waals surface area contributed by atoms with E-state index in [-0.39, 0.29) is 0 Å². The topological polar surface area (TPSA) is 84.3 Å². The van der Waals surface area contributed by atoms with Gasteiger partial charge in [-0.1, -0.05) is 23.4 Å². The Morgan fingerprint density at radius 1 is 0.926 bits per heavy atom. The van der Waals surface area contributed by atoms with Crippen LogP contribution in [0, 0.1) is 0 Å². The number of piperazine rings is 1. The molecule has 1 aliphatic heterocycles. The van der Waals surface area contributed by atoms with E-state index in [1.807, 2.05) is 42.5 Å². The van der Waals surface area contributed by atoms with Crippen molar-refractivity contribution in [2.45, 2.75) is 6.54 Å². The number of anilines is 1. The Morgan fingerprint density at radius 3 is 2.59 bits per heavy atom. The Hall–Kier alpha value is -3.26. The molecule has 1 aliphatic rings. The van der Waals surface area contributed by atoms with Crippen molar-refractivity contribution in [1.82, 2.24) is 25.0 Å². The van der Waals surface area contributed by atoms with Crippen LogP contribution >= 0.6 is 0 Å². The van der Waals surface area contributed by atoms with Crippen LogP contribution in [-0.4, -0.2) is 51.2 Å². The molecule has 3 aromatic heterocycles. The number of aromatic nitrogens is 4. The van der Waals surface area contributed by atoms with Crippen LogP contribution in [0.3, 0.4) is 0 Å². The Morgan fingerprint density at radius 2 is 1.78 bits per heavy atom. The highest BCUT2D eigenvalue weighted by molar-refractivity contribution is 5.74. The average molecular weight is 362 g/mol. The van der Waals surface area contributed by atoms with Crippen molar-refractivity contribution in [2.75, 3.05) is 31.1 Å². The third-order valence-corrected chi connectivity index (χ3v) is 4.65. The molecule has 8 heteroatoms. The monoisotopic (exact) mass is 362 g/mol. The molecule has 0 spiro atoms. The fourth-order valence-corrected chi connectivity index (χ4v) is 3.20. The van der Waals surface area contributed by atoms with Crippen LogP contribution in [0.15, 0.2) is 57.6 Å². The lowest BCUT2D eigenvalue weighted by atomic mass is 10.3. The molecule has 0 radical (unpaired) electrons. The Bertz CT molecular complexity index is 1000. The van der Waals surface area contributed by atoms with E-state index >= 15 is 0 Å². The van der Waals surface area contributed by atoms with E-state index < -0.39 is 0 Å². The number of benzene rings is 1. The summed E-state index contributed by atoms with van der Waals surface area (Å²) in [5, 5.41) is 4.03. The molecule has 1 aromatic carbocycles. The van der Waals surface area contributed by atoms with Crippen LogP contribution in [0.1, 0.15) is 5.89 Å². The smallest absolute Gasteiger partial charge is 0.298 e. The van der Waals surface area contributed by atoms with Gasteiger partial charge < -0.3 is 13.8 Å². The molecule has 1 fully saturated rings. The average Bonchev–Trinajstić information content (AvgIpc) is 3.36. The number of oxazole rings is 1. The number of hydrogen-bond acceptors (Lipinski definition) is 8. The van der Waals surface area contributed by atoms with Crippen molar-refractivity contribution in [3.8, 4) is 11.5 Å². The molecule has 0 amide bonds. The third-order valence-electron chi connectivity index (χ3n) is 4.65. The van der Waals surface area contributed by atoms with Gasteiger partial charge >= 0.3 is 0 Å². The second-order valence-electron chi connectivity index (χ2n) is 6.45. The van der Waals surface area contributed by atoms with Crippen molar-refractivity contribution >= 4 is 17.1 Å². The van der Waals surface area contributed by atoms with Gasteiger partial charge in [-0.3, -0.25) is 9.88 Å². The van der Waals surface area contributed by atoms with E-state index in [1.54, 1.807) is 6.20 Å². The number of rotatable bonds is 4. The first-order valence-corrected chi connectivity index (χ1v) is 8.92. The lowest BCUT2D eigenvalue weighted by molar-refractivity contribution is 0.213. The van der Waals surface area contributed by atoms with E-state index in [0.29, 0.717) is 30.0 Å². The standard InChI is InChI=1S/C19H18N6O2/c1-2-7-16-14(5-1)21-19(26-16)25-11-9-24(10-12-25)13-17-22-18(23-27-17)15-6-3-4-8-20-15/h1-8H,9-13H2. The van der Waals surface area contributed by atoms with Crippen molar-refractivity contribution < 1.29 is 8.94 Å². The predicted molar refractivity (Wildman–Crippen MR) is 99.0 cm³/mol. The van der Waals surface area contributed by atoms with Gasteiger partial charge in [0.15, 0.2) is 5.58 Å². The molecule has 0 atom stereocenters. The Balaban J connectivity index is 1.21. The SMILES string of the molecule is c1ccc(-c2noc(CN3CCN(c4nc5ccccc5o4)CC3)n2)nc1. The minimum absolute atomic E-state index is 0.524. The van der Waals surface area contributed by atoms with Gasteiger partial charge in [0.05, 0.1) is 6.54 Å². The minimum atomic E-state index is 0.524. The molecule has 4 aromatic rings. The van der Waals surface area contributed by atoms with Crippen molar-refractivity contribution in [3.05, 3.63) is 54.6 Å². The van der Waals surface area contributed by atoms with Gasteiger partial charge in [0.1, 0.15) is 11.2 Å². The van der Waals surface area contributed by atoms with Gasteiger partial charge in [0.2, 0.25) is 11.7 Å². The lowest BCUT2D eigenvalue weighted by Crippen LogP contribution is -2.46. The second kappa shape index (κ2) is 6.81. The van der Waals surface area contributed by atoms with E-state index in [1.165, 1.54) is 0 Å². The number of fused-ring (bicyclic) bond motifs is 1. The molecule has 0 saturated carbocycles. The van der Waals surface area contributed by atoms with Gasteiger partial charge in [0.25, 0.3) is 6.01 Å². The zero-order valence-corrected chi connectivity index (χ0v) is 14.7. The normalized spacial score (nSPS) is 15.5. The molecule has 136 valence electrons. The van der Waals surface area contributed by atoms with Crippen LogP contribution in [0.4, 0.5) is 6.01 Å². The summed E-state index contributed by atoms with van der Waals surface area (Å²) >= 11 is 0. The molecule has 0 aliphatic carbocycles. The molecule has 4 heterocycles. The summed E-state index contributed by atoms with van der Waals surface area (Å²) in [6, 6.07) is 14.2. The number of nitrogens with zero attached hydrogens (tertiary/aromatic N) is 6. The molecular weight excluding hydrogens is 344 g/mol. The fraction of sp³-hybridized carbons (Fsp3) is 0.263. The zero-order chi connectivity index (χ0) is 18.1. The van der Waals surface area contributed by atoms with E-state index in [0.717, 1.165) is 37.3 Å². The molecule has 0 unspecified atom stereocenters. The van der Waals surface area contributed by atoms with Gasteiger partial charge in [-0.2, -0.15) is 9.97 Å². The van der Waals surface area contributed by atoms with Crippen molar-refractivity contribution in [2.24, 2.45) is 0 Å². The van der Waals surface area contributed by atoms with E-state index in [9.17, 15) is 0 Å². The number of pyridine rings is 1. The van der Waals surface area contributed by atoms with Gasteiger partial charge in [0, 0.05) is 32.4 Å². The minimum Gasteiger partial charge on any atom is -0.423 e. The summed E-state index contributed by atoms with van der Waals surface area (Å²) in [5.41, 5.74) is 2.43. The van der Waals surface area contributed by atoms with Gasteiger partial charge in [-0.05, 0) is 24.3 Å². The lowest BCUT2D eigenvalue weighted by Gasteiger charge is -2.32. The van der Waals surface area contributed by atoms with Gasteiger partial charge in [-0.15, -0.1) is 0 Å². The Labute approximate surface area is 155 Å². The van der Waals surface area contributed by atoms with Gasteiger partial charge in [-0.25, -0.2) is 0 Å². The number of hydrogen-bond donors (Lipinski definition) is 0. The predicted octanol–water partition coefficient (Wildman–Crippen LogP) is 2.60. The zero-order valence-electron chi connectivity index (χ0n) is 14.7. The van der Waals surface area contributed by atoms with Crippen LogP contribution in [0.5, 0.6) is 0 Å². The fourth-order valence-electron chi connectivity index (χ4n) is 3.20. The highest BCUT2D eigenvalue weighted by Crippen LogP contribution is 2.23. The summed E-state index contributed by atoms with van der Waals surface area (Å²) in [6.45, 7) is 4.06. The summed E-state index contributed by atoms with van der Waals surface area (Å²) in [5.74, 6) is 1.13. The number of para-hydroxylation sites is 2. The van der Waals surface area contributed by atoms with Crippen LogP contribution in [0.25, 0.3) is 22.6 Å². The van der Waals surface area contributed by atoms with Crippen molar-refractivity contribution in [3.63, 3.8) is 0 Å². The first-order chi connectivity index (χ1) is 13.3. The molecule has 0 N–H and O–H groups in total. The summed E-state index contributed by atoms with van der Waals surface area (Å²) in [4.78, 5) is 17.7.